The Kier molecular flexibility index (Phi) is 10.6. The molecule has 2 aliphatic carbocycles. The number of rotatable bonds is 13. The lowest BCUT2D eigenvalue weighted by molar-refractivity contribution is -0.143. The minimum absolute atomic E-state index is 0.0126. The van der Waals surface area contributed by atoms with Crippen LogP contribution < -0.4 is 20.0 Å². The molecule has 1 aromatic carbocycles. The molecule has 3 aromatic rings. The highest BCUT2D eigenvalue weighted by molar-refractivity contribution is 6.01. The summed E-state index contributed by atoms with van der Waals surface area (Å²) in [7, 11) is 0. The number of morpholine rings is 1. The fourth-order valence-corrected chi connectivity index (χ4v) is 6.34. The first-order chi connectivity index (χ1) is 24.4. The Balaban J connectivity index is 1.46. The largest absolute Gasteiger partial charge is 0.416 e. The average molecular weight is 733 g/mol. The summed E-state index contributed by atoms with van der Waals surface area (Å²) in [5, 5.41) is 12.1. The minimum Gasteiger partial charge on any atom is -0.378 e. The van der Waals surface area contributed by atoms with E-state index in [4.69, 9.17) is 15.1 Å². The van der Waals surface area contributed by atoms with E-state index in [0.717, 1.165) is 56.6 Å². The van der Waals surface area contributed by atoms with Crippen molar-refractivity contribution in [2.24, 2.45) is 11.8 Å². The van der Waals surface area contributed by atoms with E-state index in [9.17, 15) is 26.3 Å². The Morgan fingerprint density at radius 3 is 1.88 bits per heavy atom. The summed E-state index contributed by atoms with van der Waals surface area (Å²) < 4.78 is 89.1. The second kappa shape index (κ2) is 14.7. The lowest BCUT2D eigenvalue weighted by Crippen LogP contribution is -2.36. The number of halogens is 6. The van der Waals surface area contributed by atoms with Gasteiger partial charge in [-0.05, 0) is 95.0 Å². The number of ether oxygens (including phenoxy) is 1. The van der Waals surface area contributed by atoms with Crippen LogP contribution in [0.15, 0.2) is 36.7 Å². The Hall–Kier alpha value is -4.14. The highest BCUT2D eigenvalue weighted by atomic mass is 19.4. The smallest absolute Gasteiger partial charge is 0.378 e. The summed E-state index contributed by atoms with van der Waals surface area (Å²) in [6.07, 6.45) is -2.34. The topological polar surface area (TPSA) is 93.5 Å². The lowest BCUT2D eigenvalue weighted by Gasteiger charge is -2.32. The molecule has 3 heterocycles. The van der Waals surface area contributed by atoms with E-state index in [-0.39, 0.29) is 41.9 Å². The first-order valence-electron chi connectivity index (χ1n) is 17.7. The summed E-state index contributed by atoms with van der Waals surface area (Å²) in [6, 6.07) is 3.50. The van der Waals surface area contributed by atoms with Crippen molar-refractivity contribution in [1.82, 2.24) is 15.0 Å². The van der Waals surface area contributed by atoms with Crippen molar-refractivity contribution >= 4 is 29.0 Å². The van der Waals surface area contributed by atoms with E-state index in [1.807, 2.05) is 26.8 Å². The molecular formula is C37H46F6N8O. The molecule has 0 radical (unpaired) electrons. The number of hydrogen-bond acceptors (Lipinski definition) is 9. The van der Waals surface area contributed by atoms with Gasteiger partial charge in [0.15, 0.2) is 0 Å². The third kappa shape index (κ3) is 9.84. The maximum absolute atomic E-state index is 13.9. The zero-order chi connectivity index (χ0) is 37.4. The molecule has 0 amide bonds. The van der Waals surface area contributed by atoms with Gasteiger partial charge in [-0.25, -0.2) is 15.0 Å². The van der Waals surface area contributed by atoms with Crippen molar-refractivity contribution in [1.29, 1.82) is 5.41 Å². The first-order valence-corrected chi connectivity index (χ1v) is 17.7. The van der Waals surface area contributed by atoms with E-state index < -0.39 is 23.5 Å². The molecule has 2 saturated carbocycles. The van der Waals surface area contributed by atoms with Gasteiger partial charge in [-0.1, -0.05) is 0 Å². The molecule has 1 saturated heterocycles. The molecule has 3 fully saturated rings. The number of anilines is 4. The summed E-state index contributed by atoms with van der Waals surface area (Å²) in [5.74, 6) is 2.37. The number of pyridine rings is 1. The van der Waals surface area contributed by atoms with Crippen LogP contribution >= 0.6 is 0 Å². The van der Waals surface area contributed by atoms with Crippen LogP contribution in [0.3, 0.4) is 0 Å². The molecule has 15 heteroatoms. The van der Waals surface area contributed by atoms with Crippen molar-refractivity contribution in [2.75, 3.05) is 59.4 Å². The quantitative estimate of drug-likeness (QED) is 0.134. The van der Waals surface area contributed by atoms with Crippen LogP contribution in [0.5, 0.6) is 0 Å². The third-order valence-electron chi connectivity index (χ3n) is 9.29. The predicted octanol–water partition coefficient (Wildman–Crippen LogP) is 8.18. The van der Waals surface area contributed by atoms with Gasteiger partial charge in [0, 0.05) is 61.6 Å². The van der Waals surface area contributed by atoms with Gasteiger partial charge < -0.3 is 30.2 Å². The summed E-state index contributed by atoms with van der Waals surface area (Å²) in [6.45, 7) is 11.2. The number of alkyl halides is 6. The van der Waals surface area contributed by atoms with Gasteiger partial charge >= 0.3 is 12.4 Å². The molecule has 6 rings (SSSR count). The third-order valence-corrected chi connectivity index (χ3v) is 9.29. The maximum Gasteiger partial charge on any atom is 0.416 e. The van der Waals surface area contributed by atoms with Crippen molar-refractivity contribution in [3.63, 3.8) is 0 Å². The molecule has 0 spiro atoms. The number of benzene rings is 1. The predicted molar refractivity (Wildman–Crippen MR) is 189 cm³/mol. The number of nitrogens with zero attached hydrogens (tertiary/aromatic N) is 6. The van der Waals surface area contributed by atoms with E-state index in [0.29, 0.717) is 60.9 Å². The van der Waals surface area contributed by atoms with Gasteiger partial charge in [0.25, 0.3) is 0 Å². The Bertz CT molecular complexity index is 1680. The monoisotopic (exact) mass is 732 g/mol. The van der Waals surface area contributed by atoms with Crippen molar-refractivity contribution in [3.8, 4) is 0 Å². The van der Waals surface area contributed by atoms with Gasteiger partial charge in [-0.2, -0.15) is 26.3 Å². The normalized spacial score (nSPS) is 16.9. The molecule has 2 N–H and O–H groups in total. The molecule has 2 aromatic heterocycles. The van der Waals surface area contributed by atoms with E-state index in [2.05, 4.69) is 25.1 Å². The van der Waals surface area contributed by atoms with Crippen molar-refractivity contribution < 1.29 is 31.1 Å². The van der Waals surface area contributed by atoms with Gasteiger partial charge in [0.05, 0.1) is 42.4 Å². The zero-order valence-corrected chi connectivity index (χ0v) is 30.0. The lowest BCUT2D eigenvalue weighted by atomic mass is 10.0. The van der Waals surface area contributed by atoms with Crippen LogP contribution in [-0.2, 0) is 30.2 Å². The van der Waals surface area contributed by atoms with Crippen LogP contribution in [0.4, 0.5) is 49.6 Å². The molecule has 0 atom stereocenters. The van der Waals surface area contributed by atoms with Crippen LogP contribution in [-0.4, -0.2) is 65.6 Å². The maximum atomic E-state index is 13.9. The minimum atomic E-state index is -4.99. The van der Waals surface area contributed by atoms with Gasteiger partial charge in [-0.3, -0.25) is 0 Å². The fourth-order valence-electron chi connectivity index (χ4n) is 6.34. The Morgan fingerprint density at radius 1 is 0.846 bits per heavy atom. The highest BCUT2D eigenvalue weighted by Gasteiger charge is 2.38. The molecular weight excluding hydrogens is 686 g/mol. The number of hydrogen-bond donors (Lipinski definition) is 2. The Morgan fingerprint density at radius 2 is 1.40 bits per heavy atom. The molecule has 282 valence electrons. The standard InChI is InChI=1S/C37H46F6N8O/c1-23(44)31-15-27(33(47-32(31)48-35(2,3)4)50(19-24-5-6-24)20-25-7-8-25)22-51(34-45-17-30(18-46-34)49-9-11-52-12-10-49)21-26-13-28(36(38,39)40)16-29(14-26)37(41,42)43/h13-18,24-25,44H,5-12,19-22H2,1-4H3,(H,47,48). The summed E-state index contributed by atoms with van der Waals surface area (Å²) >= 11 is 0. The number of aromatic nitrogens is 3. The highest BCUT2D eigenvalue weighted by Crippen LogP contribution is 2.40. The van der Waals surface area contributed by atoms with Crippen LogP contribution in [0.25, 0.3) is 0 Å². The van der Waals surface area contributed by atoms with Crippen molar-refractivity contribution in [2.45, 2.75) is 84.4 Å². The van der Waals surface area contributed by atoms with Crippen LogP contribution in [0.2, 0.25) is 0 Å². The zero-order valence-electron chi connectivity index (χ0n) is 30.0. The second-order valence-corrected chi connectivity index (χ2v) is 15.3. The summed E-state index contributed by atoms with van der Waals surface area (Å²) in [4.78, 5) is 20.3. The van der Waals surface area contributed by atoms with Crippen molar-refractivity contribution in [3.05, 3.63) is 64.5 Å². The van der Waals surface area contributed by atoms with Gasteiger partial charge in [-0.15, -0.1) is 0 Å². The molecule has 3 aliphatic rings. The van der Waals surface area contributed by atoms with Crippen LogP contribution in [0.1, 0.15) is 81.2 Å². The van der Waals surface area contributed by atoms with Gasteiger partial charge in [0.1, 0.15) is 11.6 Å². The second-order valence-electron chi connectivity index (χ2n) is 15.3. The molecule has 52 heavy (non-hydrogen) atoms. The SMILES string of the molecule is CC(=N)c1cc(CN(Cc2cc(C(F)(F)F)cc(C(F)(F)F)c2)c2ncc(N3CCOCC3)cn2)c(N(CC2CC2)CC2CC2)nc1NC(C)(C)C. The van der Waals surface area contributed by atoms with E-state index in [1.54, 1.807) is 24.2 Å². The number of nitrogens with one attached hydrogen (secondary N) is 2. The van der Waals surface area contributed by atoms with E-state index >= 15 is 0 Å². The Labute approximate surface area is 300 Å². The molecule has 9 nitrogen and oxygen atoms in total. The average Bonchev–Trinajstić information content (AvgIpc) is 4.01. The molecule has 0 bridgehead atoms. The molecule has 0 unspecified atom stereocenters. The first kappa shape index (κ1) is 37.6. The van der Waals surface area contributed by atoms with Crippen LogP contribution in [0, 0.1) is 17.2 Å². The fraction of sp³-hybridized carbons (Fsp3) is 0.568. The molecule has 1 aliphatic heterocycles. The van der Waals surface area contributed by atoms with Gasteiger partial charge in [0.2, 0.25) is 5.95 Å². The van der Waals surface area contributed by atoms with E-state index in [1.165, 1.54) is 0 Å². The summed E-state index contributed by atoms with van der Waals surface area (Å²) in [5.41, 5.74) is -1.14.